The molecule has 0 saturated heterocycles. The molecule has 108 valence electrons. The Hall–Kier alpha value is -1.98. The molecule has 0 radical (unpaired) electrons. The molecule has 1 unspecified atom stereocenters. The maximum absolute atomic E-state index is 4.52. The fraction of sp³-hybridized carbons (Fsp3) is 0.250. The molecule has 1 atom stereocenters. The highest BCUT2D eigenvalue weighted by molar-refractivity contribution is 7.09. The van der Waals surface area contributed by atoms with E-state index in [0.717, 1.165) is 22.9 Å². The molecular formula is C16H18N4S. The minimum absolute atomic E-state index is 0.273. The minimum Gasteiger partial charge on any atom is -0.304 e. The molecule has 0 aliphatic carbocycles. The summed E-state index contributed by atoms with van der Waals surface area (Å²) in [6, 6.07) is 10.6. The molecule has 2 aromatic heterocycles. The Morgan fingerprint density at radius 1 is 1.29 bits per heavy atom. The molecule has 0 aliphatic heterocycles. The van der Waals surface area contributed by atoms with Crippen LogP contribution < -0.4 is 5.32 Å². The Kier molecular flexibility index (Phi) is 4.13. The van der Waals surface area contributed by atoms with Crippen LogP contribution >= 0.6 is 11.3 Å². The number of thiazole rings is 1. The molecule has 3 rings (SSSR count). The van der Waals surface area contributed by atoms with E-state index in [2.05, 4.69) is 52.0 Å². The van der Waals surface area contributed by atoms with Crippen molar-refractivity contribution in [2.45, 2.75) is 26.4 Å². The number of aromatic nitrogens is 3. The van der Waals surface area contributed by atoms with Crippen molar-refractivity contribution >= 4 is 11.3 Å². The molecule has 0 bridgehead atoms. The summed E-state index contributed by atoms with van der Waals surface area (Å²) in [6.45, 7) is 5.01. The van der Waals surface area contributed by atoms with Gasteiger partial charge in [0.2, 0.25) is 0 Å². The average molecular weight is 298 g/mol. The van der Waals surface area contributed by atoms with Gasteiger partial charge in [0.05, 0.1) is 11.7 Å². The van der Waals surface area contributed by atoms with E-state index in [0.29, 0.717) is 0 Å². The van der Waals surface area contributed by atoms with Crippen molar-refractivity contribution in [3.05, 3.63) is 64.4 Å². The zero-order chi connectivity index (χ0) is 14.7. The van der Waals surface area contributed by atoms with Crippen LogP contribution in [-0.2, 0) is 6.54 Å². The molecular weight excluding hydrogens is 280 g/mol. The first kappa shape index (κ1) is 14.0. The number of rotatable bonds is 5. The van der Waals surface area contributed by atoms with Crippen LogP contribution in [0.25, 0.3) is 5.69 Å². The van der Waals surface area contributed by atoms with Gasteiger partial charge in [0, 0.05) is 30.0 Å². The van der Waals surface area contributed by atoms with Crippen LogP contribution in [0.2, 0.25) is 0 Å². The second-order valence-corrected chi connectivity index (χ2v) is 5.94. The molecule has 0 spiro atoms. The molecule has 0 aliphatic rings. The van der Waals surface area contributed by atoms with Crippen LogP contribution in [0, 0.1) is 6.92 Å². The van der Waals surface area contributed by atoms with Gasteiger partial charge in [-0.3, -0.25) is 0 Å². The van der Waals surface area contributed by atoms with Gasteiger partial charge < -0.3 is 5.32 Å². The lowest BCUT2D eigenvalue weighted by Gasteiger charge is -2.11. The Bertz CT molecular complexity index is 685. The number of aryl methyl sites for hydroxylation is 1. The third-order valence-electron chi connectivity index (χ3n) is 3.32. The standard InChI is InChI=1S/C16H18N4S/c1-12-11-21-16(19-12)13(2)17-10-14-4-6-15(7-5-14)20-9-3-8-18-20/h3-9,11,13,17H,10H2,1-2H3. The zero-order valence-electron chi connectivity index (χ0n) is 12.2. The van der Waals surface area contributed by atoms with Gasteiger partial charge >= 0.3 is 0 Å². The second kappa shape index (κ2) is 6.20. The van der Waals surface area contributed by atoms with E-state index in [1.165, 1.54) is 5.56 Å². The fourth-order valence-corrected chi connectivity index (χ4v) is 2.95. The van der Waals surface area contributed by atoms with Gasteiger partial charge in [-0.05, 0) is 37.6 Å². The van der Waals surface area contributed by atoms with Crippen molar-refractivity contribution in [1.29, 1.82) is 0 Å². The van der Waals surface area contributed by atoms with Gasteiger partial charge in [0.1, 0.15) is 5.01 Å². The summed E-state index contributed by atoms with van der Waals surface area (Å²) in [7, 11) is 0. The average Bonchev–Trinajstić information content (AvgIpc) is 3.16. The maximum Gasteiger partial charge on any atom is 0.110 e. The van der Waals surface area contributed by atoms with Gasteiger partial charge in [-0.15, -0.1) is 11.3 Å². The number of nitrogens with zero attached hydrogens (tertiary/aromatic N) is 3. The molecule has 0 saturated carbocycles. The van der Waals surface area contributed by atoms with Crippen molar-refractivity contribution in [2.24, 2.45) is 0 Å². The number of benzene rings is 1. The SMILES string of the molecule is Cc1csc(C(C)NCc2ccc(-n3cccn3)cc2)n1. The fourth-order valence-electron chi connectivity index (χ4n) is 2.12. The first-order valence-electron chi connectivity index (χ1n) is 6.97. The van der Waals surface area contributed by atoms with Gasteiger partial charge in [0.25, 0.3) is 0 Å². The molecule has 0 fully saturated rings. The highest BCUT2D eigenvalue weighted by Crippen LogP contribution is 2.18. The lowest BCUT2D eigenvalue weighted by Crippen LogP contribution is -2.17. The predicted molar refractivity (Wildman–Crippen MR) is 85.7 cm³/mol. The van der Waals surface area contributed by atoms with Crippen molar-refractivity contribution in [2.75, 3.05) is 0 Å². The van der Waals surface area contributed by atoms with Gasteiger partial charge in [-0.25, -0.2) is 9.67 Å². The summed E-state index contributed by atoms with van der Waals surface area (Å²) in [4.78, 5) is 4.52. The van der Waals surface area contributed by atoms with Crippen LogP contribution in [0.5, 0.6) is 0 Å². The van der Waals surface area contributed by atoms with Crippen LogP contribution in [0.3, 0.4) is 0 Å². The highest BCUT2D eigenvalue weighted by Gasteiger charge is 2.08. The Morgan fingerprint density at radius 3 is 2.71 bits per heavy atom. The van der Waals surface area contributed by atoms with E-state index in [1.807, 2.05) is 23.9 Å². The van der Waals surface area contributed by atoms with Crippen LogP contribution in [0.15, 0.2) is 48.1 Å². The first-order valence-corrected chi connectivity index (χ1v) is 7.85. The summed E-state index contributed by atoms with van der Waals surface area (Å²) >= 11 is 1.71. The first-order chi connectivity index (χ1) is 10.2. The summed E-state index contributed by atoms with van der Waals surface area (Å²) in [6.07, 6.45) is 3.73. The third kappa shape index (κ3) is 3.37. The lowest BCUT2D eigenvalue weighted by molar-refractivity contribution is 0.571. The van der Waals surface area contributed by atoms with Crippen molar-refractivity contribution in [3.8, 4) is 5.69 Å². The monoisotopic (exact) mass is 298 g/mol. The smallest absolute Gasteiger partial charge is 0.110 e. The van der Waals surface area contributed by atoms with Crippen molar-refractivity contribution < 1.29 is 0 Å². The highest BCUT2D eigenvalue weighted by atomic mass is 32.1. The van der Waals surface area contributed by atoms with Gasteiger partial charge in [0.15, 0.2) is 0 Å². The zero-order valence-corrected chi connectivity index (χ0v) is 13.0. The van der Waals surface area contributed by atoms with Gasteiger partial charge in [-0.2, -0.15) is 5.10 Å². The van der Waals surface area contributed by atoms with Crippen LogP contribution in [0.4, 0.5) is 0 Å². The van der Waals surface area contributed by atoms with E-state index in [4.69, 9.17) is 0 Å². The summed E-state index contributed by atoms with van der Waals surface area (Å²) in [5.74, 6) is 0. The largest absolute Gasteiger partial charge is 0.304 e. The minimum atomic E-state index is 0.273. The molecule has 5 heteroatoms. The van der Waals surface area contributed by atoms with E-state index < -0.39 is 0 Å². The second-order valence-electron chi connectivity index (χ2n) is 5.05. The Morgan fingerprint density at radius 2 is 2.10 bits per heavy atom. The Labute approximate surface area is 128 Å². The topological polar surface area (TPSA) is 42.7 Å². The molecule has 0 amide bonds. The number of hydrogen-bond donors (Lipinski definition) is 1. The third-order valence-corrected chi connectivity index (χ3v) is 4.47. The molecule has 4 nitrogen and oxygen atoms in total. The molecule has 2 heterocycles. The number of hydrogen-bond acceptors (Lipinski definition) is 4. The van der Waals surface area contributed by atoms with E-state index in [-0.39, 0.29) is 6.04 Å². The predicted octanol–water partition coefficient (Wildman–Crippen LogP) is 3.49. The lowest BCUT2D eigenvalue weighted by atomic mass is 10.2. The Balaban J connectivity index is 1.61. The van der Waals surface area contributed by atoms with Crippen LogP contribution in [0.1, 0.15) is 29.2 Å². The molecule has 3 aromatic rings. The summed E-state index contributed by atoms with van der Waals surface area (Å²) in [5, 5.41) is 11.0. The van der Waals surface area contributed by atoms with Gasteiger partial charge in [-0.1, -0.05) is 12.1 Å². The molecule has 21 heavy (non-hydrogen) atoms. The van der Waals surface area contributed by atoms with E-state index in [1.54, 1.807) is 17.5 Å². The van der Waals surface area contributed by atoms with E-state index in [9.17, 15) is 0 Å². The summed E-state index contributed by atoms with van der Waals surface area (Å²) < 4.78 is 1.86. The number of nitrogens with one attached hydrogen (secondary N) is 1. The van der Waals surface area contributed by atoms with Crippen molar-refractivity contribution in [1.82, 2.24) is 20.1 Å². The summed E-state index contributed by atoms with van der Waals surface area (Å²) in [5.41, 5.74) is 3.42. The van der Waals surface area contributed by atoms with Crippen molar-refractivity contribution in [3.63, 3.8) is 0 Å². The quantitative estimate of drug-likeness (QED) is 0.784. The van der Waals surface area contributed by atoms with E-state index >= 15 is 0 Å². The normalized spacial score (nSPS) is 12.5. The van der Waals surface area contributed by atoms with Crippen LogP contribution in [-0.4, -0.2) is 14.8 Å². The molecule has 1 N–H and O–H groups in total. The molecule has 1 aromatic carbocycles. The maximum atomic E-state index is 4.52.